The van der Waals surface area contributed by atoms with Gasteiger partial charge in [-0.3, -0.25) is 0 Å². The fraction of sp³-hybridized carbons (Fsp3) is 0.455. The number of halogens is 2. The molecule has 0 aromatic heterocycles. The van der Waals surface area contributed by atoms with Crippen molar-refractivity contribution >= 4 is 27.5 Å². The van der Waals surface area contributed by atoms with Gasteiger partial charge in [0, 0.05) is 10.4 Å². The summed E-state index contributed by atoms with van der Waals surface area (Å²) >= 11 is 9.41. The molecule has 72 valence electrons. The Balaban J connectivity index is 3.18. The summed E-state index contributed by atoms with van der Waals surface area (Å²) in [5.41, 5.74) is 3.98. The van der Waals surface area contributed by atoms with Crippen LogP contribution in [0.2, 0.25) is 0 Å². The van der Waals surface area contributed by atoms with Crippen LogP contribution in [0.1, 0.15) is 30.5 Å². The van der Waals surface area contributed by atoms with Gasteiger partial charge in [-0.1, -0.05) is 35.8 Å². The second-order valence-corrected chi connectivity index (χ2v) is 4.17. The zero-order valence-corrected chi connectivity index (χ0v) is 10.4. The van der Waals surface area contributed by atoms with Crippen molar-refractivity contribution in [3.8, 4) is 0 Å². The zero-order valence-electron chi connectivity index (χ0n) is 8.03. The Morgan fingerprint density at radius 3 is 2.15 bits per heavy atom. The van der Waals surface area contributed by atoms with Crippen molar-refractivity contribution in [3.05, 3.63) is 33.3 Å². The van der Waals surface area contributed by atoms with Crippen LogP contribution < -0.4 is 0 Å². The molecule has 1 aromatic carbocycles. The van der Waals surface area contributed by atoms with Gasteiger partial charge in [-0.15, -0.1) is 11.6 Å². The molecular formula is C11H14BrCl. The predicted molar refractivity (Wildman–Crippen MR) is 62.5 cm³/mol. The maximum atomic E-state index is 5.86. The van der Waals surface area contributed by atoms with Crippen LogP contribution in [0.3, 0.4) is 0 Å². The SMILES string of the molecule is CCc1cc(CC)c(CCl)cc1Br. The van der Waals surface area contributed by atoms with Crippen LogP contribution in [-0.4, -0.2) is 0 Å². The fourth-order valence-corrected chi connectivity index (χ4v) is 2.35. The van der Waals surface area contributed by atoms with Gasteiger partial charge in [0.2, 0.25) is 0 Å². The molecule has 0 aliphatic rings. The Morgan fingerprint density at radius 2 is 1.69 bits per heavy atom. The van der Waals surface area contributed by atoms with E-state index in [0.29, 0.717) is 5.88 Å². The number of benzene rings is 1. The van der Waals surface area contributed by atoms with Crippen LogP contribution in [0, 0.1) is 0 Å². The van der Waals surface area contributed by atoms with Gasteiger partial charge in [-0.2, -0.15) is 0 Å². The van der Waals surface area contributed by atoms with Crippen molar-refractivity contribution in [2.45, 2.75) is 32.6 Å². The van der Waals surface area contributed by atoms with E-state index in [0.717, 1.165) is 12.8 Å². The van der Waals surface area contributed by atoms with Crippen molar-refractivity contribution in [3.63, 3.8) is 0 Å². The van der Waals surface area contributed by atoms with E-state index in [9.17, 15) is 0 Å². The molecule has 0 unspecified atom stereocenters. The Morgan fingerprint density at radius 1 is 1.08 bits per heavy atom. The monoisotopic (exact) mass is 260 g/mol. The average Bonchev–Trinajstić information content (AvgIpc) is 2.17. The molecule has 0 N–H and O–H groups in total. The fourth-order valence-electron chi connectivity index (χ4n) is 1.43. The highest BCUT2D eigenvalue weighted by molar-refractivity contribution is 9.10. The first-order valence-corrected chi connectivity index (χ1v) is 5.91. The molecule has 2 heteroatoms. The molecule has 0 radical (unpaired) electrons. The molecule has 0 atom stereocenters. The van der Waals surface area contributed by atoms with Crippen LogP contribution in [0.5, 0.6) is 0 Å². The number of aryl methyl sites for hydroxylation is 2. The highest BCUT2D eigenvalue weighted by Gasteiger charge is 2.04. The molecule has 0 spiro atoms. The normalized spacial score (nSPS) is 10.5. The Bertz CT molecular complexity index is 294. The highest BCUT2D eigenvalue weighted by atomic mass is 79.9. The molecule has 0 amide bonds. The third kappa shape index (κ3) is 2.47. The molecule has 1 aromatic rings. The first kappa shape index (κ1) is 11.1. The zero-order chi connectivity index (χ0) is 9.84. The van der Waals surface area contributed by atoms with E-state index in [1.165, 1.54) is 21.2 Å². The molecular weight excluding hydrogens is 247 g/mol. The molecule has 0 bridgehead atoms. The van der Waals surface area contributed by atoms with Crippen LogP contribution in [0.4, 0.5) is 0 Å². The number of hydrogen-bond acceptors (Lipinski definition) is 0. The van der Waals surface area contributed by atoms with Crippen LogP contribution in [0.15, 0.2) is 16.6 Å². The standard InChI is InChI=1S/C11H14BrCl/c1-3-8-5-9(4-2)11(12)6-10(8)7-13/h5-6H,3-4,7H2,1-2H3. The van der Waals surface area contributed by atoms with E-state index in [-0.39, 0.29) is 0 Å². The van der Waals surface area contributed by atoms with Gasteiger partial charge in [0.15, 0.2) is 0 Å². The lowest BCUT2D eigenvalue weighted by Crippen LogP contribution is -1.93. The summed E-state index contributed by atoms with van der Waals surface area (Å²) in [4.78, 5) is 0. The number of alkyl halides is 1. The summed E-state index contributed by atoms with van der Waals surface area (Å²) in [6.07, 6.45) is 2.12. The third-order valence-corrected chi connectivity index (χ3v) is 3.30. The molecule has 0 aliphatic heterocycles. The smallest absolute Gasteiger partial charge is 0.0477 e. The molecule has 13 heavy (non-hydrogen) atoms. The van der Waals surface area contributed by atoms with E-state index in [2.05, 4.69) is 41.9 Å². The van der Waals surface area contributed by atoms with Gasteiger partial charge in [0.05, 0.1) is 0 Å². The van der Waals surface area contributed by atoms with Gasteiger partial charge in [-0.05, 0) is 35.6 Å². The highest BCUT2D eigenvalue weighted by Crippen LogP contribution is 2.24. The quantitative estimate of drug-likeness (QED) is 0.711. The summed E-state index contributed by atoms with van der Waals surface area (Å²) < 4.78 is 1.18. The minimum Gasteiger partial charge on any atom is -0.122 e. The Kier molecular flexibility index (Phi) is 4.27. The maximum absolute atomic E-state index is 5.86. The molecule has 0 aliphatic carbocycles. The first-order valence-electron chi connectivity index (χ1n) is 4.59. The average molecular weight is 262 g/mol. The van der Waals surface area contributed by atoms with Crippen LogP contribution in [-0.2, 0) is 18.7 Å². The minimum atomic E-state index is 0.603. The lowest BCUT2D eigenvalue weighted by atomic mass is 10.0. The van der Waals surface area contributed by atoms with E-state index in [1.54, 1.807) is 0 Å². The number of rotatable bonds is 3. The van der Waals surface area contributed by atoms with Crippen molar-refractivity contribution < 1.29 is 0 Å². The molecule has 0 saturated heterocycles. The van der Waals surface area contributed by atoms with Crippen molar-refractivity contribution in [2.75, 3.05) is 0 Å². The summed E-state index contributed by atoms with van der Waals surface area (Å²) in [5, 5.41) is 0. The summed E-state index contributed by atoms with van der Waals surface area (Å²) in [6.45, 7) is 4.33. The van der Waals surface area contributed by atoms with Crippen molar-refractivity contribution in [1.82, 2.24) is 0 Å². The van der Waals surface area contributed by atoms with Gasteiger partial charge in [0.1, 0.15) is 0 Å². The van der Waals surface area contributed by atoms with Gasteiger partial charge in [-0.25, -0.2) is 0 Å². The molecule has 1 rings (SSSR count). The minimum absolute atomic E-state index is 0.603. The number of hydrogen-bond donors (Lipinski definition) is 0. The summed E-state index contributed by atoms with van der Waals surface area (Å²) in [6, 6.07) is 4.40. The maximum Gasteiger partial charge on any atom is 0.0477 e. The second kappa shape index (κ2) is 5.02. The summed E-state index contributed by atoms with van der Waals surface area (Å²) in [7, 11) is 0. The lowest BCUT2D eigenvalue weighted by Gasteiger charge is -2.09. The van der Waals surface area contributed by atoms with Crippen LogP contribution in [0.25, 0.3) is 0 Å². The molecule has 0 nitrogen and oxygen atoms in total. The molecule has 0 heterocycles. The van der Waals surface area contributed by atoms with E-state index >= 15 is 0 Å². The topological polar surface area (TPSA) is 0 Å². The van der Waals surface area contributed by atoms with Gasteiger partial charge in [0.25, 0.3) is 0 Å². The Hall–Kier alpha value is -0.0100. The molecule has 0 saturated carbocycles. The van der Waals surface area contributed by atoms with Crippen molar-refractivity contribution in [2.24, 2.45) is 0 Å². The molecule has 0 fully saturated rings. The van der Waals surface area contributed by atoms with E-state index in [4.69, 9.17) is 11.6 Å². The lowest BCUT2D eigenvalue weighted by molar-refractivity contribution is 1.05. The first-order chi connectivity index (χ1) is 6.22. The van der Waals surface area contributed by atoms with E-state index in [1.807, 2.05) is 0 Å². The summed E-state index contributed by atoms with van der Waals surface area (Å²) in [5.74, 6) is 0.603. The predicted octanol–water partition coefficient (Wildman–Crippen LogP) is 4.31. The Labute approximate surface area is 93.4 Å². The van der Waals surface area contributed by atoms with Crippen molar-refractivity contribution in [1.29, 1.82) is 0 Å². The third-order valence-electron chi connectivity index (χ3n) is 2.27. The van der Waals surface area contributed by atoms with Gasteiger partial charge < -0.3 is 0 Å². The van der Waals surface area contributed by atoms with Gasteiger partial charge >= 0.3 is 0 Å². The second-order valence-electron chi connectivity index (χ2n) is 3.05. The largest absolute Gasteiger partial charge is 0.122 e. The van der Waals surface area contributed by atoms with Crippen LogP contribution >= 0.6 is 27.5 Å². The van der Waals surface area contributed by atoms with E-state index < -0.39 is 0 Å².